The molecule has 104 valence electrons. The van der Waals surface area contributed by atoms with E-state index in [1.165, 1.54) is 11.3 Å². The lowest BCUT2D eigenvalue weighted by atomic mass is 9.80. The number of nitrogens with zero attached hydrogens (tertiary/aromatic N) is 2. The van der Waals surface area contributed by atoms with Gasteiger partial charge in [-0.25, -0.2) is 9.78 Å². The van der Waals surface area contributed by atoms with Crippen molar-refractivity contribution in [3.63, 3.8) is 0 Å². The topological polar surface area (TPSA) is 82.5 Å². The Balaban J connectivity index is 1.91. The van der Waals surface area contributed by atoms with Crippen LogP contribution in [0.5, 0.6) is 0 Å². The van der Waals surface area contributed by atoms with Crippen molar-refractivity contribution in [1.82, 2.24) is 9.88 Å². The van der Waals surface area contributed by atoms with E-state index in [4.69, 9.17) is 5.11 Å². The maximum Gasteiger partial charge on any atom is 0.323 e. The van der Waals surface area contributed by atoms with Crippen LogP contribution in [-0.2, 0) is 4.79 Å². The number of thiazole rings is 1. The van der Waals surface area contributed by atoms with Gasteiger partial charge in [-0.15, -0.1) is 11.3 Å². The van der Waals surface area contributed by atoms with E-state index < -0.39 is 11.4 Å². The molecule has 1 aliphatic rings. The minimum Gasteiger partial charge on any atom is -0.481 e. The van der Waals surface area contributed by atoms with E-state index in [1.54, 1.807) is 18.0 Å². The molecule has 0 atom stereocenters. The molecule has 2 rings (SSSR count). The minimum absolute atomic E-state index is 0.207. The van der Waals surface area contributed by atoms with Crippen LogP contribution in [0, 0.1) is 12.3 Å². The number of carbonyl (C=O) groups excluding carboxylic acids is 1. The molecule has 6 nitrogen and oxygen atoms in total. The second kappa shape index (κ2) is 5.16. The van der Waals surface area contributed by atoms with Crippen LogP contribution >= 0.6 is 11.3 Å². The Kier molecular flexibility index (Phi) is 3.75. The highest BCUT2D eigenvalue weighted by molar-refractivity contribution is 7.15. The molecule has 2 N–H and O–H groups in total. The first kappa shape index (κ1) is 13.8. The van der Waals surface area contributed by atoms with Gasteiger partial charge in [-0.3, -0.25) is 10.1 Å². The van der Waals surface area contributed by atoms with Gasteiger partial charge in [0.05, 0.1) is 5.41 Å². The molecule has 1 aromatic heterocycles. The number of aromatic nitrogens is 1. The average Bonchev–Trinajstić information content (AvgIpc) is 2.75. The van der Waals surface area contributed by atoms with Crippen molar-refractivity contribution in [2.24, 2.45) is 5.41 Å². The number of rotatable bonds is 2. The fourth-order valence-electron chi connectivity index (χ4n) is 2.00. The number of hydrogen-bond acceptors (Lipinski definition) is 4. The lowest BCUT2D eigenvalue weighted by molar-refractivity contribution is -0.150. The van der Waals surface area contributed by atoms with E-state index in [2.05, 4.69) is 10.3 Å². The summed E-state index contributed by atoms with van der Waals surface area (Å²) in [5.41, 5.74) is -0.714. The second-order valence-electron chi connectivity index (χ2n) is 5.06. The zero-order valence-corrected chi connectivity index (χ0v) is 11.8. The Bertz CT molecular complexity index is 492. The zero-order valence-electron chi connectivity index (χ0n) is 11.0. The number of aryl methyl sites for hydroxylation is 1. The highest BCUT2D eigenvalue weighted by Gasteiger charge is 2.38. The molecule has 19 heavy (non-hydrogen) atoms. The molecule has 2 heterocycles. The van der Waals surface area contributed by atoms with Gasteiger partial charge in [0.25, 0.3) is 0 Å². The third-order valence-corrected chi connectivity index (χ3v) is 4.33. The van der Waals surface area contributed by atoms with Crippen molar-refractivity contribution >= 4 is 28.5 Å². The number of urea groups is 1. The fourth-order valence-corrected chi connectivity index (χ4v) is 2.65. The Labute approximate surface area is 115 Å². The first-order valence-corrected chi connectivity index (χ1v) is 6.94. The van der Waals surface area contributed by atoms with Gasteiger partial charge < -0.3 is 10.0 Å². The SMILES string of the molecule is Cc1cnc(NC(=O)N2CCC(C)(C(=O)O)CC2)s1. The largest absolute Gasteiger partial charge is 0.481 e. The maximum atomic E-state index is 12.0. The third-order valence-electron chi connectivity index (χ3n) is 3.51. The van der Waals surface area contributed by atoms with Crippen LogP contribution in [0.3, 0.4) is 0 Å². The summed E-state index contributed by atoms with van der Waals surface area (Å²) in [5.74, 6) is -0.789. The molecular weight excluding hydrogens is 266 g/mol. The van der Waals surface area contributed by atoms with Gasteiger partial charge in [0.2, 0.25) is 0 Å². The standard InChI is InChI=1S/C12H17N3O3S/c1-8-7-13-10(19-8)14-11(18)15-5-3-12(2,4-6-15)9(16)17/h7H,3-6H2,1-2H3,(H,16,17)(H,13,14,18). The molecule has 1 aliphatic heterocycles. The van der Waals surface area contributed by atoms with Crippen molar-refractivity contribution in [3.8, 4) is 0 Å². The Morgan fingerprint density at radius 3 is 2.58 bits per heavy atom. The van der Waals surface area contributed by atoms with Crippen LogP contribution in [0.1, 0.15) is 24.6 Å². The van der Waals surface area contributed by atoms with Crippen molar-refractivity contribution in [3.05, 3.63) is 11.1 Å². The van der Waals surface area contributed by atoms with E-state index in [9.17, 15) is 9.59 Å². The summed E-state index contributed by atoms with van der Waals surface area (Å²) in [6.45, 7) is 4.57. The molecule has 1 fully saturated rings. The molecule has 2 amide bonds. The first-order valence-electron chi connectivity index (χ1n) is 6.12. The summed E-state index contributed by atoms with van der Waals surface area (Å²) in [6, 6.07) is -0.207. The van der Waals surface area contributed by atoms with Crippen LogP contribution in [0.15, 0.2) is 6.20 Å². The Morgan fingerprint density at radius 2 is 2.11 bits per heavy atom. The highest BCUT2D eigenvalue weighted by atomic mass is 32.1. The summed E-state index contributed by atoms with van der Waals surface area (Å²) in [5, 5.41) is 12.4. The van der Waals surface area contributed by atoms with Crippen molar-refractivity contribution < 1.29 is 14.7 Å². The van der Waals surface area contributed by atoms with Crippen LogP contribution in [0.25, 0.3) is 0 Å². The van der Waals surface area contributed by atoms with Crippen LogP contribution in [0.4, 0.5) is 9.93 Å². The van der Waals surface area contributed by atoms with Gasteiger partial charge >= 0.3 is 12.0 Å². The number of piperidine rings is 1. The maximum absolute atomic E-state index is 12.0. The first-order chi connectivity index (χ1) is 8.90. The normalized spacial score (nSPS) is 18.1. The molecule has 0 unspecified atom stereocenters. The number of likely N-dealkylation sites (tertiary alicyclic amines) is 1. The van der Waals surface area contributed by atoms with E-state index in [1.807, 2.05) is 6.92 Å². The number of nitrogens with one attached hydrogen (secondary N) is 1. The molecule has 1 saturated heterocycles. The quantitative estimate of drug-likeness (QED) is 0.871. The third kappa shape index (κ3) is 3.04. The molecule has 0 spiro atoms. The van der Waals surface area contributed by atoms with Gasteiger partial charge in [0, 0.05) is 24.2 Å². The van der Waals surface area contributed by atoms with Gasteiger partial charge in [-0.2, -0.15) is 0 Å². The molecule has 0 aliphatic carbocycles. The molecule has 0 saturated carbocycles. The highest BCUT2D eigenvalue weighted by Crippen LogP contribution is 2.31. The Morgan fingerprint density at radius 1 is 1.47 bits per heavy atom. The summed E-state index contributed by atoms with van der Waals surface area (Å²) < 4.78 is 0. The summed E-state index contributed by atoms with van der Waals surface area (Å²) in [6.07, 6.45) is 2.66. The number of amides is 2. The Hall–Kier alpha value is -1.63. The number of carboxylic acid groups (broad SMARTS) is 1. The molecule has 1 aromatic rings. The molecule has 0 radical (unpaired) electrons. The van der Waals surface area contributed by atoms with Crippen LogP contribution in [0.2, 0.25) is 0 Å². The number of carboxylic acids is 1. The summed E-state index contributed by atoms with van der Waals surface area (Å²) in [7, 11) is 0. The number of carbonyl (C=O) groups is 2. The van der Waals surface area contributed by atoms with Gasteiger partial charge in [0.15, 0.2) is 5.13 Å². The smallest absolute Gasteiger partial charge is 0.323 e. The van der Waals surface area contributed by atoms with Gasteiger partial charge in [-0.05, 0) is 26.7 Å². The van der Waals surface area contributed by atoms with E-state index in [0.717, 1.165) is 4.88 Å². The van der Waals surface area contributed by atoms with Crippen LogP contribution in [-0.4, -0.2) is 40.1 Å². The van der Waals surface area contributed by atoms with Gasteiger partial charge in [-0.1, -0.05) is 0 Å². The number of aliphatic carboxylic acids is 1. The molecule has 0 bridgehead atoms. The summed E-state index contributed by atoms with van der Waals surface area (Å²) in [4.78, 5) is 29.9. The zero-order chi connectivity index (χ0) is 14.0. The average molecular weight is 283 g/mol. The van der Waals surface area contributed by atoms with Crippen LogP contribution < -0.4 is 5.32 Å². The van der Waals surface area contributed by atoms with Gasteiger partial charge in [0.1, 0.15) is 0 Å². The van der Waals surface area contributed by atoms with E-state index >= 15 is 0 Å². The predicted molar refractivity (Wildman–Crippen MR) is 72.4 cm³/mol. The monoisotopic (exact) mass is 283 g/mol. The lowest BCUT2D eigenvalue weighted by Crippen LogP contribution is -2.46. The molecule has 0 aromatic carbocycles. The number of hydrogen-bond donors (Lipinski definition) is 2. The molecule has 7 heteroatoms. The fraction of sp³-hybridized carbons (Fsp3) is 0.583. The minimum atomic E-state index is -0.789. The molecular formula is C12H17N3O3S. The second-order valence-corrected chi connectivity index (χ2v) is 6.29. The number of anilines is 1. The van der Waals surface area contributed by atoms with Crippen molar-refractivity contribution in [2.45, 2.75) is 26.7 Å². The predicted octanol–water partition coefficient (Wildman–Crippen LogP) is 2.17. The summed E-state index contributed by atoms with van der Waals surface area (Å²) >= 11 is 1.42. The van der Waals surface area contributed by atoms with Crippen molar-refractivity contribution in [2.75, 3.05) is 18.4 Å². The van der Waals surface area contributed by atoms with E-state index in [0.29, 0.717) is 31.1 Å². The van der Waals surface area contributed by atoms with Crippen molar-refractivity contribution in [1.29, 1.82) is 0 Å². The van der Waals surface area contributed by atoms with E-state index in [-0.39, 0.29) is 6.03 Å². The lowest BCUT2D eigenvalue weighted by Gasteiger charge is -2.36.